The number of hydrogen-bond acceptors (Lipinski definition) is 1. The van der Waals surface area contributed by atoms with E-state index in [0.29, 0.717) is 0 Å². The molecule has 0 aromatic carbocycles. The summed E-state index contributed by atoms with van der Waals surface area (Å²) in [5, 5.41) is 0. The second-order valence-corrected chi connectivity index (χ2v) is 3.58. The highest BCUT2D eigenvalue weighted by Gasteiger charge is 1.94. The van der Waals surface area contributed by atoms with Crippen molar-refractivity contribution in [1.29, 1.82) is 0 Å². The third-order valence-electron chi connectivity index (χ3n) is 2.17. The second-order valence-electron chi connectivity index (χ2n) is 3.58. The third kappa shape index (κ3) is 5.16. The predicted octanol–water partition coefficient (Wildman–Crippen LogP) is 4.45. The zero-order chi connectivity index (χ0) is 11.8. The van der Waals surface area contributed by atoms with Gasteiger partial charge in [-0.25, -0.2) is 0 Å². The second kappa shape index (κ2) is 6.99. The van der Waals surface area contributed by atoms with Crippen LogP contribution in [0.1, 0.15) is 34.1 Å². The van der Waals surface area contributed by atoms with Gasteiger partial charge in [0, 0.05) is 11.9 Å². The molecular formula is C14H21N. The first kappa shape index (κ1) is 13.6. The molecule has 0 aromatic rings. The van der Waals surface area contributed by atoms with E-state index in [0.717, 1.165) is 28.9 Å². The molecule has 0 aliphatic carbocycles. The zero-order valence-electron chi connectivity index (χ0n) is 10.3. The van der Waals surface area contributed by atoms with E-state index in [1.54, 1.807) is 0 Å². The lowest BCUT2D eigenvalue weighted by Crippen LogP contribution is -1.90. The van der Waals surface area contributed by atoms with Crippen molar-refractivity contribution in [2.45, 2.75) is 34.1 Å². The van der Waals surface area contributed by atoms with Gasteiger partial charge in [-0.2, -0.15) is 0 Å². The average Bonchev–Trinajstić information content (AvgIpc) is 2.21. The highest BCUT2D eigenvalue weighted by atomic mass is 14.7. The molecule has 0 unspecified atom stereocenters. The Balaban J connectivity index is 4.84. The number of rotatable bonds is 5. The van der Waals surface area contributed by atoms with Gasteiger partial charge in [-0.15, -0.1) is 0 Å². The minimum absolute atomic E-state index is 0.967. The van der Waals surface area contributed by atoms with Gasteiger partial charge in [0.05, 0.1) is 0 Å². The van der Waals surface area contributed by atoms with Gasteiger partial charge < -0.3 is 0 Å². The van der Waals surface area contributed by atoms with Crippen LogP contribution in [0.3, 0.4) is 0 Å². The molecular weight excluding hydrogens is 182 g/mol. The van der Waals surface area contributed by atoms with E-state index >= 15 is 0 Å². The molecule has 0 saturated heterocycles. The van der Waals surface area contributed by atoms with Crippen LogP contribution in [0.4, 0.5) is 0 Å². The van der Waals surface area contributed by atoms with Crippen molar-refractivity contribution in [1.82, 2.24) is 0 Å². The van der Waals surface area contributed by atoms with Gasteiger partial charge in [0.2, 0.25) is 0 Å². The van der Waals surface area contributed by atoms with Crippen molar-refractivity contribution < 1.29 is 0 Å². The fourth-order valence-corrected chi connectivity index (χ4v) is 1.00. The van der Waals surface area contributed by atoms with Gasteiger partial charge in [0.15, 0.2) is 0 Å². The van der Waals surface area contributed by atoms with Gasteiger partial charge in [0.1, 0.15) is 0 Å². The highest BCUT2D eigenvalue weighted by molar-refractivity contribution is 5.97. The SMILES string of the molecule is C=CC(=C\CC)/C(C)=C/N=C(C)C(=C)C. The first-order chi connectivity index (χ1) is 7.02. The largest absolute Gasteiger partial charge is 0.261 e. The Bertz CT molecular complexity index is 327. The summed E-state index contributed by atoms with van der Waals surface area (Å²) < 4.78 is 0. The summed E-state index contributed by atoms with van der Waals surface area (Å²) in [4.78, 5) is 4.34. The lowest BCUT2D eigenvalue weighted by molar-refractivity contribution is 1.19. The monoisotopic (exact) mass is 203 g/mol. The molecule has 0 atom stereocenters. The Morgan fingerprint density at radius 2 is 1.87 bits per heavy atom. The van der Waals surface area contributed by atoms with Gasteiger partial charge in [0.25, 0.3) is 0 Å². The molecule has 0 bridgehead atoms. The predicted molar refractivity (Wildman–Crippen MR) is 70.3 cm³/mol. The molecule has 0 fully saturated rings. The molecule has 0 aliphatic heterocycles. The van der Waals surface area contributed by atoms with Crippen LogP contribution < -0.4 is 0 Å². The van der Waals surface area contributed by atoms with Gasteiger partial charge in [-0.1, -0.05) is 32.2 Å². The van der Waals surface area contributed by atoms with E-state index < -0.39 is 0 Å². The van der Waals surface area contributed by atoms with Crippen molar-refractivity contribution in [2.24, 2.45) is 4.99 Å². The van der Waals surface area contributed by atoms with E-state index in [9.17, 15) is 0 Å². The lowest BCUT2D eigenvalue weighted by atomic mass is 10.1. The van der Waals surface area contributed by atoms with Crippen LogP contribution in [0.25, 0.3) is 0 Å². The number of nitrogens with zero attached hydrogens (tertiary/aromatic N) is 1. The van der Waals surface area contributed by atoms with Crippen LogP contribution in [0.5, 0.6) is 0 Å². The molecule has 0 aromatic heterocycles. The Kier molecular flexibility index (Phi) is 6.35. The Morgan fingerprint density at radius 1 is 1.27 bits per heavy atom. The first-order valence-corrected chi connectivity index (χ1v) is 5.22. The van der Waals surface area contributed by atoms with Gasteiger partial charge in [-0.05, 0) is 43.9 Å². The molecule has 15 heavy (non-hydrogen) atoms. The first-order valence-electron chi connectivity index (χ1n) is 5.22. The number of hydrogen-bond donors (Lipinski definition) is 0. The average molecular weight is 203 g/mol. The molecule has 0 saturated carbocycles. The third-order valence-corrected chi connectivity index (χ3v) is 2.17. The molecule has 1 nitrogen and oxygen atoms in total. The Morgan fingerprint density at radius 3 is 2.27 bits per heavy atom. The van der Waals surface area contributed by atoms with Crippen LogP contribution in [-0.2, 0) is 0 Å². The van der Waals surface area contributed by atoms with E-state index in [2.05, 4.69) is 31.2 Å². The molecule has 0 N–H and O–H groups in total. The van der Waals surface area contributed by atoms with E-state index in [-0.39, 0.29) is 0 Å². The maximum Gasteiger partial charge on any atom is 0.0395 e. The topological polar surface area (TPSA) is 12.4 Å². The minimum atomic E-state index is 0.967. The summed E-state index contributed by atoms with van der Waals surface area (Å²) in [6, 6.07) is 0. The molecule has 0 spiro atoms. The van der Waals surface area contributed by atoms with Crippen LogP contribution in [0.2, 0.25) is 0 Å². The van der Waals surface area contributed by atoms with Crippen molar-refractivity contribution >= 4 is 5.71 Å². The Labute approximate surface area is 93.6 Å². The summed E-state index contributed by atoms with van der Waals surface area (Å²) in [5.41, 5.74) is 4.25. The normalized spacial score (nSPS) is 14.0. The summed E-state index contributed by atoms with van der Waals surface area (Å²) in [5.74, 6) is 0. The summed E-state index contributed by atoms with van der Waals surface area (Å²) in [6.07, 6.45) is 6.88. The van der Waals surface area contributed by atoms with Gasteiger partial charge in [-0.3, -0.25) is 4.99 Å². The van der Waals surface area contributed by atoms with Crippen molar-refractivity contribution in [3.05, 3.63) is 48.2 Å². The van der Waals surface area contributed by atoms with E-state index in [4.69, 9.17) is 0 Å². The molecule has 82 valence electrons. The smallest absolute Gasteiger partial charge is 0.0395 e. The van der Waals surface area contributed by atoms with Crippen LogP contribution in [-0.4, -0.2) is 5.71 Å². The maximum absolute atomic E-state index is 4.34. The maximum atomic E-state index is 4.34. The fraction of sp³-hybridized carbons (Fsp3) is 0.357. The summed E-state index contributed by atoms with van der Waals surface area (Å²) >= 11 is 0. The number of aliphatic imine (C=N–C) groups is 1. The highest BCUT2D eigenvalue weighted by Crippen LogP contribution is 2.11. The lowest BCUT2D eigenvalue weighted by Gasteiger charge is -2.01. The summed E-state index contributed by atoms with van der Waals surface area (Å²) in [6.45, 7) is 15.7. The molecule has 0 rings (SSSR count). The van der Waals surface area contributed by atoms with Gasteiger partial charge >= 0.3 is 0 Å². The number of allylic oxidation sites excluding steroid dienone is 5. The molecule has 0 aliphatic rings. The van der Waals surface area contributed by atoms with Crippen molar-refractivity contribution in [3.8, 4) is 0 Å². The van der Waals surface area contributed by atoms with Crippen LogP contribution in [0, 0.1) is 0 Å². The fourth-order valence-electron chi connectivity index (χ4n) is 1.00. The standard InChI is InChI=1S/C14H21N/c1-7-9-14(8-2)12(5)10-15-13(6)11(3)4/h8-10H,2-3,7H2,1,4-6H3/b12-10+,14-9+,15-13?. The molecule has 0 amide bonds. The van der Waals surface area contributed by atoms with Crippen molar-refractivity contribution in [2.75, 3.05) is 0 Å². The summed E-state index contributed by atoms with van der Waals surface area (Å²) in [7, 11) is 0. The molecule has 0 heterocycles. The Hall–Kier alpha value is -1.37. The van der Waals surface area contributed by atoms with E-state index in [1.807, 2.05) is 33.0 Å². The van der Waals surface area contributed by atoms with Crippen LogP contribution in [0.15, 0.2) is 53.2 Å². The molecule has 1 heteroatoms. The zero-order valence-corrected chi connectivity index (χ0v) is 10.3. The quantitative estimate of drug-likeness (QED) is 0.462. The van der Waals surface area contributed by atoms with Crippen molar-refractivity contribution in [3.63, 3.8) is 0 Å². The van der Waals surface area contributed by atoms with E-state index in [1.165, 1.54) is 0 Å². The minimum Gasteiger partial charge on any atom is -0.261 e. The molecule has 0 radical (unpaired) electrons. The van der Waals surface area contributed by atoms with Crippen LogP contribution >= 0.6 is 0 Å².